The largest absolute Gasteiger partial charge is 0.311 e. The van der Waals surface area contributed by atoms with Crippen LogP contribution < -0.4 is 5.32 Å². The van der Waals surface area contributed by atoms with Crippen molar-refractivity contribution in [1.82, 2.24) is 10.2 Å². The van der Waals surface area contributed by atoms with Gasteiger partial charge in [0.25, 0.3) is 0 Å². The van der Waals surface area contributed by atoms with E-state index in [1.54, 1.807) is 0 Å². The molecule has 1 N–H and O–H groups in total. The van der Waals surface area contributed by atoms with Crippen molar-refractivity contribution in [3.05, 3.63) is 34.3 Å². The molecule has 1 fully saturated rings. The SMILES string of the molecule is CCC(C)C1CN(Cc2ccc(Br)cc2)C(C)(CC)CN1. The summed E-state index contributed by atoms with van der Waals surface area (Å²) in [7, 11) is 0. The number of nitrogens with one attached hydrogen (secondary N) is 1. The normalized spacial score (nSPS) is 28.5. The van der Waals surface area contributed by atoms with E-state index in [1.807, 2.05) is 0 Å². The van der Waals surface area contributed by atoms with Crippen LogP contribution in [0.15, 0.2) is 28.7 Å². The van der Waals surface area contributed by atoms with Crippen LogP contribution in [0.25, 0.3) is 0 Å². The van der Waals surface area contributed by atoms with Gasteiger partial charge in [-0.3, -0.25) is 4.90 Å². The predicted molar refractivity (Wildman–Crippen MR) is 94.5 cm³/mol. The van der Waals surface area contributed by atoms with Crippen LogP contribution in [0, 0.1) is 5.92 Å². The highest BCUT2D eigenvalue weighted by Crippen LogP contribution is 2.27. The molecule has 0 saturated carbocycles. The second-order valence-electron chi connectivity index (χ2n) is 6.73. The lowest BCUT2D eigenvalue weighted by molar-refractivity contribution is 0.0294. The average Bonchev–Trinajstić information content (AvgIpc) is 2.51. The summed E-state index contributed by atoms with van der Waals surface area (Å²) in [5.41, 5.74) is 1.67. The molecule has 0 bridgehead atoms. The van der Waals surface area contributed by atoms with Crippen molar-refractivity contribution in [1.29, 1.82) is 0 Å². The van der Waals surface area contributed by atoms with Crippen LogP contribution in [0.2, 0.25) is 0 Å². The Labute approximate surface area is 138 Å². The molecule has 3 unspecified atom stereocenters. The lowest BCUT2D eigenvalue weighted by Gasteiger charge is -2.49. The number of nitrogens with zero attached hydrogens (tertiary/aromatic N) is 1. The van der Waals surface area contributed by atoms with Gasteiger partial charge in [0.2, 0.25) is 0 Å². The Morgan fingerprint density at radius 1 is 1.33 bits per heavy atom. The molecule has 2 rings (SSSR count). The van der Waals surface area contributed by atoms with E-state index in [4.69, 9.17) is 0 Å². The van der Waals surface area contributed by atoms with Gasteiger partial charge in [0.05, 0.1) is 0 Å². The number of piperazine rings is 1. The zero-order valence-electron chi connectivity index (χ0n) is 13.8. The van der Waals surface area contributed by atoms with E-state index in [0.29, 0.717) is 6.04 Å². The lowest BCUT2D eigenvalue weighted by Crippen LogP contribution is -2.63. The second-order valence-corrected chi connectivity index (χ2v) is 7.65. The summed E-state index contributed by atoms with van der Waals surface area (Å²) in [6.07, 6.45) is 2.43. The summed E-state index contributed by atoms with van der Waals surface area (Å²) in [5, 5.41) is 3.79. The van der Waals surface area contributed by atoms with Crippen LogP contribution in [0.4, 0.5) is 0 Å². The van der Waals surface area contributed by atoms with Gasteiger partial charge in [-0.25, -0.2) is 0 Å². The molecule has 1 saturated heterocycles. The van der Waals surface area contributed by atoms with Crippen molar-refractivity contribution in [2.45, 2.75) is 58.7 Å². The monoisotopic (exact) mass is 352 g/mol. The highest BCUT2D eigenvalue weighted by molar-refractivity contribution is 9.10. The van der Waals surface area contributed by atoms with Crippen molar-refractivity contribution in [3.63, 3.8) is 0 Å². The molecule has 0 radical (unpaired) electrons. The van der Waals surface area contributed by atoms with Gasteiger partial charge in [0, 0.05) is 35.7 Å². The van der Waals surface area contributed by atoms with E-state index >= 15 is 0 Å². The maximum atomic E-state index is 3.79. The first-order chi connectivity index (χ1) is 9.98. The molecule has 3 heteroatoms. The van der Waals surface area contributed by atoms with Crippen molar-refractivity contribution >= 4 is 15.9 Å². The molecule has 1 aromatic carbocycles. The van der Waals surface area contributed by atoms with E-state index in [2.05, 4.69) is 78.1 Å². The van der Waals surface area contributed by atoms with E-state index in [1.165, 1.54) is 18.4 Å². The Hall–Kier alpha value is -0.380. The highest BCUT2D eigenvalue weighted by atomic mass is 79.9. The minimum absolute atomic E-state index is 0.261. The number of benzene rings is 1. The van der Waals surface area contributed by atoms with Gasteiger partial charge < -0.3 is 5.32 Å². The van der Waals surface area contributed by atoms with Crippen LogP contribution in [0.3, 0.4) is 0 Å². The number of hydrogen-bond acceptors (Lipinski definition) is 2. The smallest absolute Gasteiger partial charge is 0.0307 e. The van der Waals surface area contributed by atoms with E-state index in [0.717, 1.165) is 30.0 Å². The third-order valence-corrected chi connectivity index (χ3v) is 5.83. The maximum absolute atomic E-state index is 3.79. The fourth-order valence-electron chi connectivity index (χ4n) is 3.07. The maximum Gasteiger partial charge on any atom is 0.0307 e. The zero-order valence-corrected chi connectivity index (χ0v) is 15.4. The molecule has 21 heavy (non-hydrogen) atoms. The fourth-order valence-corrected chi connectivity index (χ4v) is 3.33. The average molecular weight is 353 g/mol. The molecule has 0 aliphatic carbocycles. The minimum atomic E-state index is 0.261. The topological polar surface area (TPSA) is 15.3 Å². The zero-order chi connectivity index (χ0) is 15.5. The molecule has 118 valence electrons. The van der Waals surface area contributed by atoms with Crippen molar-refractivity contribution in [2.24, 2.45) is 5.92 Å². The fraction of sp³-hybridized carbons (Fsp3) is 0.667. The molecule has 1 heterocycles. The molecule has 1 aromatic rings. The van der Waals surface area contributed by atoms with Gasteiger partial charge in [0.15, 0.2) is 0 Å². The first-order valence-corrected chi connectivity index (χ1v) is 9.00. The Balaban J connectivity index is 2.12. The molecule has 0 spiro atoms. The van der Waals surface area contributed by atoms with Crippen LogP contribution in [0.5, 0.6) is 0 Å². The predicted octanol–water partition coefficient (Wildman–Crippen LogP) is 4.44. The Bertz CT molecular complexity index is 445. The first-order valence-electron chi connectivity index (χ1n) is 8.21. The third-order valence-electron chi connectivity index (χ3n) is 5.30. The van der Waals surface area contributed by atoms with Gasteiger partial charge in [0.1, 0.15) is 0 Å². The molecule has 2 nitrogen and oxygen atoms in total. The van der Waals surface area contributed by atoms with Crippen LogP contribution >= 0.6 is 15.9 Å². The molecular weight excluding hydrogens is 324 g/mol. The first kappa shape index (κ1) is 17.0. The number of halogens is 1. The molecule has 1 aliphatic heterocycles. The Kier molecular flexibility index (Phi) is 5.87. The molecule has 0 amide bonds. The summed E-state index contributed by atoms with van der Waals surface area (Å²) < 4.78 is 1.15. The van der Waals surface area contributed by atoms with Crippen molar-refractivity contribution < 1.29 is 0 Å². The molecule has 1 aliphatic rings. The van der Waals surface area contributed by atoms with E-state index < -0.39 is 0 Å². The summed E-state index contributed by atoms with van der Waals surface area (Å²) in [5.74, 6) is 0.735. The second kappa shape index (κ2) is 7.26. The third kappa shape index (κ3) is 4.08. The van der Waals surface area contributed by atoms with Crippen LogP contribution in [-0.4, -0.2) is 29.6 Å². The highest BCUT2D eigenvalue weighted by Gasteiger charge is 2.37. The molecule has 0 aromatic heterocycles. The molecule has 3 atom stereocenters. The van der Waals surface area contributed by atoms with E-state index in [-0.39, 0.29) is 5.54 Å². The van der Waals surface area contributed by atoms with E-state index in [9.17, 15) is 0 Å². The minimum Gasteiger partial charge on any atom is -0.311 e. The summed E-state index contributed by atoms with van der Waals surface area (Å²) in [6.45, 7) is 12.6. The molecular formula is C18H29BrN2. The Morgan fingerprint density at radius 3 is 2.57 bits per heavy atom. The summed E-state index contributed by atoms with van der Waals surface area (Å²) in [4.78, 5) is 2.68. The number of hydrogen-bond donors (Lipinski definition) is 1. The quantitative estimate of drug-likeness (QED) is 0.842. The van der Waals surface area contributed by atoms with Gasteiger partial charge in [-0.2, -0.15) is 0 Å². The van der Waals surface area contributed by atoms with Crippen molar-refractivity contribution in [2.75, 3.05) is 13.1 Å². The van der Waals surface area contributed by atoms with Gasteiger partial charge >= 0.3 is 0 Å². The standard InChI is InChI=1S/C18H29BrN2/c1-5-14(3)17-12-21(18(4,6-2)13-20-17)11-15-7-9-16(19)10-8-15/h7-10,14,17,20H,5-6,11-13H2,1-4H3. The lowest BCUT2D eigenvalue weighted by atomic mass is 9.87. The van der Waals surface area contributed by atoms with Gasteiger partial charge in [-0.05, 0) is 37.0 Å². The van der Waals surface area contributed by atoms with Crippen LogP contribution in [0.1, 0.15) is 46.1 Å². The van der Waals surface area contributed by atoms with Crippen molar-refractivity contribution in [3.8, 4) is 0 Å². The summed E-state index contributed by atoms with van der Waals surface area (Å²) in [6, 6.07) is 9.38. The Morgan fingerprint density at radius 2 is 2.00 bits per heavy atom. The van der Waals surface area contributed by atoms with Crippen LogP contribution in [-0.2, 0) is 6.54 Å². The van der Waals surface area contributed by atoms with Gasteiger partial charge in [-0.15, -0.1) is 0 Å². The van der Waals surface area contributed by atoms with Gasteiger partial charge in [-0.1, -0.05) is 55.3 Å². The number of rotatable bonds is 5. The summed E-state index contributed by atoms with van der Waals surface area (Å²) >= 11 is 3.52.